The van der Waals surface area contributed by atoms with Crippen molar-refractivity contribution in [3.8, 4) is 0 Å². The fourth-order valence-corrected chi connectivity index (χ4v) is 2.30. The van der Waals surface area contributed by atoms with Gasteiger partial charge in [0.2, 0.25) is 0 Å². The van der Waals surface area contributed by atoms with E-state index in [4.69, 9.17) is 4.74 Å². The molecule has 104 valence electrons. The van der Waals surface area contributed by atoms with Gasteiger partial charge in [-0.05, 0) is 50.5 Å². The van der Waals surface area contributed by atoms with E-state index in [0.717, 1.165) is 49.4 Å². The molecule has 0 spiro atoms. The van der Waals surface area contributed by atoms with Crippen molar-refractivity contribution < 1.29 is 9.53 Å². The van der Waals surface area contributed by atoms with Crippen molar-refractivity contribution >= 4 is 11.6 Å². The van der Waals surface area contributed by atoms with Crippen LogP contribution in [0.1, 0.15) is 35.7 Å². The van der Waals surface area contributed by atoms with Crippen LogP contribution in [0.5, 0.6) is 0 Å². The number of aryl methyl sites for hydroxylation is 1. The number of hydrogen-bond acceptors (Lipinski definition) is 3. The Labute approximate surface area is 114 Å². The SMILES string of the molecule is CCNc1ccc(C(=O)NC2CCOCC2)cc1C. The third kappa shape index (κ3) is 3.70. The van der Waals surface area contributed by atoms with Crippen molar-refractivity contribution in [3.05, 3.63) is 29.3 Å². The first-order chi connectivity index (χ1) is 9.20. The molecule has 1 aliphatic rings. The molecule has 0 radical (unpaired) electrons. The van der Waals surface area contributed by atoms with Gasteiger partial charge in [-0.25, -0.2) is 0 Å². The lowest BCUT2D eigenvalue weighted by molar-refractivity contribution is 0.0696. The van der Waals surface area contributed by atoms with Gasteiger partial charge in [-0.15, -0.1) is 0 Å². The Hall–Kier alpha value is -1.55. The average molecular weight is 262 g/mol. The predicted molar refractivity (Wildman–Crippen MR) is 76.6 cm³/mol. The van der Waals surface area contributed by atoms with Crippen LogP contribution in [-0.4, -0.2) is 31.7 Å². The molecule has 4 nitrogen and oxygen atoms in total. The lowest BCUT2D eigenvalue weighted by Crippen LogP contribution is -2.38. The first kappa shape index (κ1) is 13.9. The highest BCUT2D eigenvalue weighted by molar-refractivity contribution is 5.95. The van der Waals surface area contributed by atoms with Crippen LogP contribution < -0.4 is 10.6 Å². The largest absolute Gasteiger partial charge is 0.385 e. The zero-order valence-corrected chi connectivity index (χ0v) is 11.7. The monoisotopic (exact) mass is 262 g/mol. The van der Waals surface area contributed by atoms with Gasteiger partial charge in [-0.1, -0.05) is 0 Å². The van der Waals surface area contributed by atoms with Gasteiger partial charge in [0, 0.05) is 37.1 Å². The standard InChI is InChI=1S/C15H22N2O2/c1-3-16-14-5-4-12(10-11(14)2)15(18)17-13-6-8-19-9-7-13/h4-5,10,13,16H,3,6-9H2,1-2H3,(H,17,18). The highest BCUT2D eigenvalue weighted by atomic mass is 16.5. The lowest BCUT2D eigenvalue weighted by atomic mass is 10.1. The molecule has 0 atom stereocenters. The summed E-state index contributed by atoms with van der Waals surface area (Å²) in [6.45, 7) is 6.44. The second kappa shape index (κ2) is 6.57. The van der Waals surface area contributed by atoms with Gasteiger partial charge in [0.1, 0.15) is 0 Å². The van der Waals surface area contributed by atoms with Crippen molar-refractivity contribution in [2.75, 3.05) is 25.1 Å². The first-order valence-corrected chi connectivity index (χ1v) is 6.94. The van der Waals surface area contributed by atoms with Gasteiger partial charge in [0.05, 0.1) is 0 Å². The van der Waals surface area contributed by atoms with E-state index in [1.807, 2.05) is 25.1 Å². The fourth-order valence-electron chi connectivity index (χ4n) is 2.30. The Balaban J connectivity index is 2.00. The van der Waals surface area contributed by atoms with Gasteiger partial charge in [0.15, 0.2) is 0 Å². The molecule has 1 aromatic rings. The van der Waals surface area contributed by atoms with E-state index in [9.17, 15) is 4.79 Å². The summed E-state index contributed by atoms with van der Waals surface area (Å²) in [6.07, 6.45) is 1.81. The summed E-state index contributed by atoms with van der Waals surface area (Å²) in [5.41, 5.74) is 2.91. The zero-order chi connectivity index (χ0) is 13.7. The number of ether oxygens (including phenoxy) is 1. The van der Waals surface area contributed by atoms with Crippen molar-refractivity contribution in [1.82, 2.24) is 5.32 Å². The Morgan fingerprint density at radius 2 is 2.11 bits per heavy atom. The van der Waals surface area contributed by atoms with Crippen LogP contribution in [-0.2, 0) is 4.74 Å². The predicted octanol–water partition coefficient (Wildman–Crippen LogP) is 2.34. The van der Waals surface area contributed by atoms with Crippen LogP contribution >= 0.6 is 0 Å². The molecule has 1 saturated heterocycles. The molecule has 4 heteroatoms. The van der Waals surface area contributed by atoms with Gasteiger partial charge < -0.3 is 15.4 Å². The third-order valence-electron chi connectivity index (χ3n) is 3.41. The van der Waals surface area contributed by atoms with Gasteiger partial charge in [-0.2, -0.15) is 0 Å². The van der Waals surface area contributed by atoms with Crippen LogP contribution in [0.3, 0.4) is 0 Å². The number of carbonyl (C=O) groups excluding carboxylic acids is 1. The maximum absolute atomic E-state index is 12.2. The smallest absolute Gasteiger partial charge is 0.251 e. The van der Waals surface area contributed by atoms with E-state index in [1.54, 1.807) is 0 Å². The number of hydrogen-bond donors (Lipinski definition) is 2. The van der Waals surface area contributed by atoms with Crippen LogP contribution in [0.25, 0.3) is 0 Å². The minimum atomic E-state index is 0.0121. The van der Waals surface area contributed by atoms with Crippen LogP contribution in [0.4, 0.5) is 5.69 Å². The van der Waals surface area contributed by atoms with Crippen LogP contribution in [0, 0.1) is 6.92 Å². The Bertz CT molecular complexity index is 440. The molecule has 2 rings (SSSR count). The van der Waals surface area contributed by atoms with Crippen molar-refractivity contribution in [2.24, 2.45) is 0 Å². The first-order valence-electron chi connectivity index (χ1n) is 6.94. The molecule has 1 heterocycles. The molecular formula is C15H22N2O2. The molecule has 19 heavy (non-hydrogen) atoms. The number of benzene rings is 1. The number of anilines is 1. The summed E-state index contributed by atoms with van der Waals surface area (Å²) >= 11 is 0. The molecule has 0 saturated carbocycles. The molecule has 0 aromatic heterocycles. The van der Waals surface area contributed by atoms with E-state index >= 15 is 0 Å². The number of rotatable bonds is 4. The third-order valence-corrected chi connectivity index (χ3v) is 3.41. The molecule has 1 aromatic carbocycles. The van der Waals surface area contributed by atoms with E-state index < -0.39 is 0 Å². The van der Waals surface area contributed by atoms with Crippen molar-refractivity contribution in [1.29, 1.82) is 0 Å². The van der Waals surface area contributed by atoms with Crippen molar-refractivity contribution in [2.45, 2.75) is 32.7 Å². The average Bonchev–Trinajstić information content (AvgIpc) is 2.42. The zero-order valence-electron chi connectivity index (χ0n) is 11.7. The molecule has 0 bridgehead atoms. The van der Waals surface area contributed by atoms with E-state index in [2.05, 4.69) is 17.6 Å². The molecule has 2 N–H and O–H groups in total. The Kier molecular flexibility index (Phi) is 4.80. The lowest BCUT2D eigenvalue weighted by Gasteiger charge is -2.23. The minimum absolute atomic E-state index is 0.0121. The molecule has 0 aliphatic carbocycles. The summed E-state index contributed by atoms with van der Waals surface area (Å²) in [5.74, 6) is 0.0121. The maximum Gasteiger partial charge on any atom is 0.251 e. The maximum atomic E-state index is 12.2. The molecule has 1 fully saturated rings. The van der Waals surface area contributed by atoms with Crippen LogP contribution in [0.2, 0.25) is 0 Å². The summed E-state index contributed by atoms with van der Waals surface area (Å²) in [5, 5.41) is 6.35. The molecule has 1 amide bonds. The fraction of sp³-hybridized carbons (Fsp3) is 0.533. The molecule has 1 aliphatic heterocycles. The number of carbonyl (C=O) groups is 1. The molecule has 0 unspecified atom stereocenters. The van der Waals surface area contributed by atoms with Crippen LogP contribution in [0.15, 0.2) is 18.2 Å². The normalized spacial score (nSPS) is 16.1. The minimum Gasteiger partial charge on any atom is -0.385 e. The Morgan fingerprint density at radius 1 is 1.37 bits per heavy atom. The topological polar surface area (TPSA) is 50.4 Å². The van der Waals surface area contributed by atoms with E-state index in [0.29, 0.717) is 0 Å². The van der Waals surface area contributed by atoms with E-state index in [1.165, 1.54) is 0 Å². The van der Waals surface area contributed by atoms with Crippen molar-refractivity contribution in [3.63, 3.8) is 0 Å². The quantitative estimate of drug-likeness (QED) is 0.875. The number of nitrogens with one attached hydrogen (secondary N) is 2. The second-order valence-electron chi connectivity index (χ2n) is 4.92. The van der Waals surface area contributed by atoms with Gasteiger partial charge >= 0.3 is 0 Å². The van der Waals surface area contributed by atoms with Gasteiger partial charge in [-0.3, -0.25) is 4.79 Å². The highest BCUT2D eigenvalue weighted by Crippen LogP contribution is 2.17. The number of amides is 1. The van der Waals surface area contributed by atoms with E-state index in [-0.39, 0.29) is 11.9 Å². The summed E-state index contributed by atoms with van der Waals surface area (Å²) in [6, 6.07) is 6.03. The van der Waals surface area contributed by atoms with Gasteiger partial charge in [0.25, 0.3) is 5.91 Å². The molecular weight excluding hydrogens is 240 g/mol. The summed E-state index contributed by atoms with van der Waals surface area (Å²) in [7, 11) is 0. The highest BCUT2D eigenvalue weighted by Gasteiger charge is 2.17. The summed E-state index contributed by atoms with van der Waals surface area (Å²) in [4.78, 5) is 12.2. The summed E-state index contributed by atoms with van der Waals surface area (Å²) < 4.78 is 5.29. The Morgan fingerprint density at radius 3 is 2.74 bits per heavy atom. The second-order valence-corrected chi connectivity index (χ2v) is 4.92.